The van der Waals surface area contributed by atoms with Crippen LogP contribution in [0.15, 0.2) is 66.2 Å². The first-order chi connectivity index (χ1) is 19.3. The molecule has 40 heavy (non-hydrogen) atoms. The third kappa shape index (κ3) is 6.98. The van der Waals surface area contributed by atoms with E-state index in [1.807, 2.05) is 13.8 Å². The number of amides is 4. The van der Waals surface area contributed by atoms with Crippen molar-refractivity contribution in [2.45, 2.75) is 33.4 Å². The molecule has 0 radical (unpaired) electrons. The van der Waals surface area contributed by atoms with Gasteiger partial charge in [0.2, 0.25) is 0 Å². The first-order valence-corrected chi connectivity index (χ1v) is 13.1. The largest absolute Gasteiger partial charge is 0.490 e. The van der Waals surface area contributed by atoms with E-state index in [1.54, 1.807) is 48.5 Å². The highest BCUT2D eigenvalue weighted by Crippen LogP contribution is 2.31. The fourth-order valence-corrected chi connectivity index (χ4v) is 4.15. The summed E-state index contributed by atoms with van der Waals surface area (Å²) in [6.45, 7) is 4.86. The fraction of sp³-hybridized carbons (Fsp3) is 0.233. The first-order valence-electron chi connectivity index (χ1n) is 12.7. The van der Waals surface area contributed by atoms with E-state index in [0.717, 1.165) is 16.9 Å². The molecule has 1 heterocycles. The molecular formula is C30H28ClFN2O6. The molecule has 0 atom stereocenters. The van der Waals surface area contributed by atoms with E-state index in [4.69, 9.17) is 25.8 Å². The fourth-order valence-electron chi connectivity index (χ4n) is 3.90. The van der Waals surface area contributed by atoms with Crippen LogP contribution in [0.4, 0.5) is 9.18 Å². The monoisotopic (exact) mass is 566 g/mol. The molecule has 0 saturated carbocycles. The highest BCUT2D eigenvalue weighted by Gasteiger charge is 2.35. The minimum Gasteiger partial charge on any atom is -0.490 e. The normalized spacial score (nSPS) is 14.3. The number of hydrogen-bond acceptors (Lipinski definition) is 6. The molecule has 1 saturated heterocycles. The van der Waals surface area contributed by atoms with Gasteiger partial charge in [0, 0.05) is 0 Å². The third-order valence-corrected chi connectivity index (χ3v) is 6.17. The highest BCUT2D eigenvalue weighted by molar-refractivity contribution is 6.33. The van der Waals surface area contributed by atoms with Gasteiger partial charge < -0.3 is 14.2 Å². The smallest absolute Gasteiger partial charge is 0.331 e. The number of nitrogens with zero attached hydrogens (tertiary/aromatic N) is 1. The van der Waals surface area contributed by atoms with Crippen LogP contribution in [0, 0.1) is 5.82 Å². The lowest BCUT2D eigenvalue weighted by Crippen LogP contribution is -2.53. The molecule has 1 aliphatic rings. The van der Waals surface area contributed by atoms with Crippen molar-refractivity contribution in [3.05, 3.63) is 93.8 Å². The van der Waals surface area contributed by atoms with Crippen LogP contribution in [0.2, 0.25) is 5.02 Å². The minimum absolute atomic E-state index is 0.0830. The van der Waals surface area contributed by atoms with E-state index in [0.29, 0.717) is 41.6 Å². The van der Waals surface area contributed by atoms with Crippen LogP contribution in [0.1, 0.15) is 37.0 Å². The third-order valence-electron chi connectivity index (χ3n) is 5.87. The van der Waals surface area contributed by atoms with Crippen LogP contribution in [-0.4, -0.2) is 36.0 Å². The van der Waals surface area contributed by atoms with E-state index in [2.05, 4.69) is 5.32 Å². The maximum absolute atomic E-state index is 13.2. The average Bonchev–Trinajstić information content (AvgIpc) is 2.93. The zero-order valence-electron chi connectivity index (χ0n) is 22.0. The Morgan fingerprint density at radius 2 is 1.60 bits per heavy atom. The summed E-state index contributed by atoms with van der Waals surface area (Å²) in [5.41, 5.74) is 1.62. The van der Waals surface area contributed by atoms with Gasteiger partial charge in [-0.05, 0) is 72.5 Å². The van der Waals surface area contributed by atoms with Gasteiger partial charge in [0.1, 0.15) is 23.7 Å². The topological polar surface area (TPSA) is 94.2 Å². The van der Waals surface area contributed by atoms with Gasteiger partial charge in [-0.15, -0.1) is 0 Å². The van der Waals surface area contributed by atoms with E-state index in [9.17, 15) is 18.8 Å². The molecule has 10 heteroatoms. The predicted octanol–water partition coefficient (Wildman–Crippen LogP) is 5.91. The Morgan fingerprint density at radius 3 is 2.30 bits per heavy atom. The number of ether oxygens (including phenoxy) is 3. The summed E-state index contributed by atoms with van der Waals surface area (Å²) in [6, 6.07) is 15.0. The van der Waals surface area contributed by atoms with Crippen molar-refractivity contribution in [2.75, 3.05) is 13.2 Å². The summed E-state index contributed by atoms with van der Waals surface area (Å²) < 4.78 is 30.2. The van der Waals surface area contributed by atoms with Gasteiger partial charge in [-0.3, -0.25) is 19.8 Å². The summed E-state index contributed by atoms with van der Waals surface area (Å²) in [5, 5.41) is 2.47. The molecule has 1 N–H and O–H groups in total. The lowest BCUT2D eigenvalue weighted by Gasteiger charge is -2.26. The molecule has 3 aromatic rings. The lowest BCUT2D eigenvalue weighted by atomic mass is 10.1. The van der Waals surface area contributed by atoms with Gasteiger partial charge in [0.25, 0.3) is 11.8 Å². The number of carbonyl (C=O) groups excluding carboxylic acids is 3. The van der Waals surface area contributed by atoms with Gasteiger partial charge >= 0.3 is 6.03 Å². The number of hydrogen-bond donors (Lipinski definition) is 1. The van der Waals surface area contributed by atoms with Crippen molar-refractivity contribution in [3.8, 4) is 17.2 Å². The summed E-state index contributed by atoms with van der Waals surface area (Å²) in [5.74, 6) is -0.448. The van der Waals surface area contributed by atoms with Gasteiger partial charge in [-0.2, -0.15) is 0 Å². The van der Waals surface area contributed by atoms with E-state index in [-0.39, 0.29) is 29.6 Å². The molecule has 208 valence electrons. The average molecular weight is 567 g/mol. The zero-order chi connectivity index (χ0) is 28.6. The molecule has 1 aliphatic heterocycles. The van der Waals surface area contributed by atoms with E-state index >= 15 is 0 Å². The van der Waals surface area contributed by atoms with Crippen LogP contribution >= 0.6 is 11.6 Å². The van der Waals surface area contributed by atoms with Crippen LogP contribution in [0.5, 0.6) is 17.2 Å². The second kappa shape index (κ2) is 13.1. The maximum atomic E-state index is 13.2. The van der Waals surface area contributed by atoms with Crippen LogP contribution in [-0.2, 0) is 22.7 Å². The molecule has 0 spiro atoms. The molecule has 1 fully saturated rings. The van der Waals surface area contributed by atoms with Crippen LogP contribution in [0.3, 0.4) is 0 Å². The molecule has 3 aromatic carbocycles. The summed E-state index contributed by atoms with van der Waals surface area (Å²) in [4.78, 5) is 39.3. The molecule has 0 aromatic heterocycles. The second-order valence-electron chi connectivity index (χ2n) is 8.88. The number of barbiturate groups is 1. The van der Waals surface area contributed by atoms with Crippen molar-refractivity contribution in [1.82, 2.24) is 10.2 Å². The predicted molar refractivity (Wildman–Crippen MR) is 148 cm³/mol. The van der Waals surface area contributed by atoms with Crippen molar-refractivity contribution >= 4 is 35.5 Å². The number of carbonyl (C=O) groups is 3. The standard InChI is InChI=1S/C30H28ClFN2O6/c1-3-13-39-26-12-8-21(16-27(26)38-4-2)17-34-29(36)23(28(35)33-30(34)37)14-20-7-11-25(24(31)15-20)40-18-19-5-9-22(32)10-6-19/h5-12,14-16H,3-4,13,17-18H2,1-2H3,(H,33,35,37)/b23-14+. The highest BCUT2D eigenvalue weighted by atomic mass is 35.5. The number of imide groups is 2. The SMILES string of the molecule is CCCOc1ccc(CN2C(=O)NC(=O)/C(=C\c3ccc(OCc4ccc(F)cc4)c(Cl)c3)C2=O)cc1OCC. The Kier molecular flexibility index (Phi) is 9.39. The van der Waals surface area contributed by atoms with Gasteiger partial charge in [0.15, 0.2) is 11.5 Å². The van der Waals surface area contributed by atoms with Crippen molar-refractivity contribution in [1.29, 1.82) is 0 Å². The van der Waals surface area contributed by atoms with Crippen LogP contribution < -0.4 is 19.5 Å². The Balaban J connectivity index is 1.50. The van der Waals surface area contributed by atoms with Crippen molar-refractivity contribution in [2.24, 2.45) is 0 Å². The van der Waals surface area contributed by atoms with Crippen molar-refractivity contribution in [3.63, 3.8) is 0 Å². The molecule has 0 unspecified atom stereocenters. The van der Waals surface area contributed by atoms with Crippen molar-refractivity contribution < 1.29 is 33.0 Å². The van der Waals surface area contributed by atoms with Crippen LogP contribution in [0.25, 0.3) is 6.08 Å². The van der Waals surface area contributed by atoms with Gasteiger partial charge in [-0.25, -0.2) is 9.18 Å². The summed E-state index contributed by atoms with van der Waals surface area (Å²) in [7, 11) is 0. The van der Waals surface area contributed by atoms with Gasteiger partial charge in [-0.1, -0.05) is 42.8 Å². The minimum atomic E-state index is -0.820. The second-order valence-corrected chi connectivity index (χ2v) is 9.28. The van der Waals surface area contributed by atoms with Gasteiger partial charge in [0.05, 0.1) is 24.8 Å². The molecule has 4 rings (SSSR count). The summed E-state index contributed by atoms with van der Waals surface area (Å²) >= 11 is 6.37. The molecular weight excluding hydrogens is 539 g/mol. The zero-order valence-corrected chi connectivity index (χ0v) is 22.8. The lowest BCUT2D eigenvalue weighted by molar-refractivity contribution is -0.130. The Bertz CT molecular complexity index is 1440. The number of halogens is 2. The Morgan fingerprint density at radius 1 is 0.875 bits per heavy atom. The number of rotatable bonds is 11. The number of urea groups is 1. The number of benzene rings is 3. The molecule has 8 nitrogen and oxygen atoms in total. The molecule has 0 bridgehead atoms. The maximum Gasteiger partial charge on any atom is 0.331 e. The molecule has 4 amide bonds. The number of nitrogens with one attached hydrogen (secondary N) is 1. The molecule has 0 aliphatic carbocycles. The van der Waals surface area contributed by atoms with E-state index in [1.165, 1.54) is 18.2 Å². The van der Waals surface area contributed by atoms with E-state index < -0.39 is 17.8 Å². The Hall–Kier alpha value is -4.37. The Labute approximate surface area is 236 Å². The quantitative estimate of drug-likeness (QED) is 0.229. The first kappa shape index (κ1) is 28.6. The summed E-state index contributed by atoms with van der Waals surface area (Å²) in [6.07, 6.45) is 2.19.